The first-order valence-electron chi connectivity index (χ1n) is 26.1. The van der Waals surface area contributed by atoms with Crippen molar-refractivity contribution in [1.82, 2.24) is 39.8 Å². The molecule has 2 aliphatic heterocycles. The molecular weight excluding hydrogens is 917 g/mol. The molecule has 2 aromatic heterocycles. The molecule has 73 heavy (non-hydrogen) atoms. The summed E-state index contributed by atoms with van der Waals surface area (Å²) in [5, 5.41) is 41.3. The lowest BCUT2D eigenvalue weighted by Crippen LogP contribution is -2.60. The minimum Gasteiger partial charge on any atom is -0.505 e. The lowest BCUT2D eigenvalue weighted by atomic mass is 9.74. The second-order valence-corrected chi connectivity index (χ2v) is 25.3. The molecule has 0 unspecified atom stereocenters. The first kappa shape index (κ1) is 54.9. The summed E-state index contributed by atoms with van der Waals surface area (Å²) in [5.74, 6) is 0.0118. The van der Waals surface area contributed by atoms with Crippen LogP contribution < -0.4 is 0 Å². The van der Waals surface area contributed by atoms with Gasteiger partial charge in [0, 0.05) is 52.5 Å². The summed E-state index contributed by atoms with van der Waals surface area (Å²) in [6, 6.07) is 23.3. The van der Waals surface area contributed by atoms with Gasteiger partial charge >= 0.3 is 11.9 Å². The number of carbonyl (C=O) groups is 2. The number of aromatic hydroxyl groups is 2. The topological polar surface area (TPSA) is 161 Å². The first-order valence-corrected chi connectivity index (χ1v) is 26.1. The minimum atomic E-state index is -0.322. The number of rotatable bonds is 11. The Balaban J connectivity index is 0.000000221. The Morgan fingerprint density at radius 2 is 0.959 bits per heavy atom. The zero-order chi connectivity index (χ0) is 53.6. The van der Waals surface area contributed by atoms with E-state index in [1.165, 1.54) is 9.59 Å². The third kappa shape index (κ3) is 12.4. The van der Waals surface area contributed by atoms with E-state index in [1.807, 2.05) is 72.8 Å². The van der Waals surface area contributed by atoms with E-state index in [9.17, 15) is 19.8 Å². The summed E-state index contributed by atoms with van der Waals surface area (Å²) in [6.45, 7) is 30.4. The Morgan fingerprint density at radius 3 is 1.33 bits per heavy atom. The molecule has 14 nitrogen and oxygen atoms in total. The number of ether oxygens (including phenoxy) is 2. The Labute approximate surface area is 433 Å². The van der Waals surface area contributed by atoms with Crippen molar-refractivity contribution < 1.29 is 29.3 Å². The Bertz CT molecular complexity index is 2710. The van der Waals surface area contributed by atoms with Gasteiger partial charge in [-0.25, -0.2) is 0 Å². The van der Waals surface area contributed by atoms with Crippen LogP contribution in [0.4, 0.5) is 0 Å². The molecule has 2 N–H and O–H groups in total. The van der Waals surface area contributed by atoms with E-state index in [1.54, 1.807) is 0 Å². The number of esters is 2. The zero-order valence-electron chi connectivity index (χ0n) is 46.6. The highest BCUT2D eigenvalue weighted by Crippen LogP contribution is 2.43. The molecule has 4 aromatic carbocycles. The molecule has 8 rings (SSSR count). The molecule has 0 radical (unpaired) electrons. The number of piperidine rings is 2. The van der Waals surface area contributed by atoms with Crippen molar-refractivity contribution in [2.24, 2.45) is 5.92 Å². The van der Waals surface area contributed by atoms with Gasteiger partial charge < -0.3 is 19.7 Å². The highest BCUT2D eigenvalue weighted by Gasteiger charge is 2.46. The monoisotopic (exact) mass is 999 g/mol. The van der Waals surface area contributed by atoms with Crippen molar-refractivity contribution in [2.45, 2.75) is 187 Å². The molecule has 2 fully saturated rings. The molecule has 4 heterocycles. The maximum atomic E-state index is 12.7. The predicted octanol–water partition coefficient (Wildman–Crippen LogP) is 11.5. The van der Waals surface area contributed by atoms with Crippen molar-refractivity contribution >= 4 is 34.0 Å². The van der Waals surface area contributed by atoms with Crippen LogP contribution in [0.2, 0.25) is 0 Å². The SMILES string of the molecule is CC(C)(C)c1cc(Cc2cc(-n3nc4ccccc4n3)c(O)c(C(C)(C)C)c2)cc(-n2nc3ccccc3n2)c1O.CN1C(C)(C)CC(OC(=O)CCCCOC(=O)C2CC(C)(C)N(C)C(C)(C)C2)CC1(C)C. The van der Waals surface area contributed by atoms with E-state index < -0.39 is 0 Å². The average molecular weight is 999 g/mol. The van der Waals surface area contributed by atoms with Gasteiger partial charge in [-0.1, -0.05) is 77.9 Å². The van der Waals surface area contributed by atoms with Crippen molar-refractivity contribution in [1.29, 1.82) is 0 Å². The summed E-state index contributed by atoms with van der Waals surface area (Å²) in [7, 11) is 4.28. The summed E-state index contributed by atoms with van der Waals surface area (Å²) in [6.07, 6.45) is 5.55. The number of fused-ring (bicyclic) bond motifs is 2. The molecule has 2 aliphatic rings. The van der Waals surface area contributed by atoms with Gasteiger partial charge in [-0.2, -0.15) is 0 Å². The number of unbranched alkanes of at least 4 members (excludes halogenated alkanes) is 1. The number of carbonyl (C=O) groups excluding carboxylic acids is 2. The molecule has 0 amide bonds. The number of benzene rings is 4. The van der Waals surface area contributed by atoms with Crippen LogP contribution in [0.25, 0.3) is 33.4 Å². The number of hydrogen-bond donors (Lipinski definition) is 2. The molecule has 394 valence electrons. The maximum absolute atomic E-state index is 12.7. The van der Waals surface area contributed by atoms with Gasteiger partial charge in [0.05, 0.1) is 12.5 Å². The van der Waals surface area contributed by atoms with Crippen LogP contribution in [-0.2, 0) is 36.3 Å². The molecule has 0 bridgehead atoms. The van der Waals surface area contributed by atoms with E-state index in [0.29, 0.717) is 43.7 Å². The number of nitrogens with zero attached hydrogens (tertiary/aromatic N) is 8. The van der Waals surface area contributed by atoms with E-state index in [0.717, 1.165) is 70.0 Å². The molecule has 0 saturated carbocycles. The maximum Gasteiger partial charge on any atom is 0.309 e. The molecule has 14 heteroatoms. The van der Waals surface area contributed by atoms with Crippen LogP contribution in [0.5, 0.6) is 11.5 Å². The molecule has 6 aromatic rings. The van der Waals surface area contributed by atoms with Gasteiger partial charge in [-0.3, -0.25) is 19.4 Å². The zero-order valence-corrected chi connectivity index (χ0v) is 46.6. The smallest absolute Gasteiger partial charge is 0.309 e. The summed E-state index contributed by atoms with van der Waals surface area (Å²) < 4.78 is 11.4. The van der Waals surface area contributed by atoms with Gasteiger partial charge in [-0.15, -0.1) is 30.0 Å². The summed E-state index contributed by atoms with van der Waals surface area (Å²) >= 11 is 0. The van der Waals surface area contributed by atoms with E-state index in [4.69, 9.17) is 9.47 Å². The van der Waals surface area contributed by atoms with Crippen LogP contribution in [0, 0.1) is 5.92 Å². The van der Waals surface area contributed by atoms with Crippen molar-refractivity contribution in [3.63, 3.8) is 0 Å². The van der Waals surface area contributed by atoms with E-state index in [-0.39, 0.29) is 68.4 Å². The fourth-order valence-corrected chi connectivity index (χ4v) is 11.0. The van der Waals surface area contributed by atoms with Gasteiger partial charge in [0.1, 0.15) is 51.0 Å². The minimum absolute atomic E-state index is 0.00203. The largest absolute Gasteiger partial charge is 0.505 e. The highest BCUT2D eigenvalue weighted by atomic mass is 16.5. The van der Waals surface area contributed by atoms with E-state index >= 15 is 0 Å². The molecule has 0 atom stereocenters. The standard InChI is InChI=1S/C33H34N6O2.C26H48N2O4/c1-32(2,3)22-16-20(18-28(30(22)40)38-34-24-11-7-8-12-25(24)35-38)15-21-17-23(33(4,5)6)31(41)29(19-21)39-36-26-13-9-10-14-27(26)37-39;1-23(2)15-19(16-24(3,4)27(23)9)22(30)31-14-12-11-13-21(29)32-20-17-25(5,6)28(10)26(7,8)18-20/h7-14,16-19,40-41H,15H2,1-6H3;19-20H,11-18H2,1-10H3. The number of likely N-dealkylation sites (tertiary alicyclic amines) is 2. The van der Waals surface area contributed by atoms with Gasteiger partial charge in [0.25, 0.3) is 0 Å². The molecule has 0 aliphatic carbocycles. The van der Waals surface area contributed by atoms with E-state index in [2.05, 4.69) is 141 Å². The number of phenols is 2. The third-order valence-corrected chi connectivity index (χ3v) is 15.6. The number of aromatic nitrogens is 6. The third-order valence-electron chi connectivity index (χ3n) is 15.6. The lowest BCUT2D eigenvalue weighted by molar-refractivity contribution is -0.159. The Hall–Kier alpha value is -5.86. The van der Waals surface area contributed by atoms with Crippen molar-refractivity contribution in [3.8, 4) is 22.9 Å². The normalized spacial score (nSPS) is 18.4. The van der Waals surface area contributed by atoms with Crippen LogP contribution in [0.3, 0.4) is 0 Å². The van der Waals surface area contributed by atoms with Crippen molar-refractivity contribution in [2.75, 3.05) is 20.7 Å². The first-order chi connectivity index (χ1) is 33.9. The van der Waals surface area contributed by atoms with Crippen LogP contribution in [0.1, 0.15) is 164 Å². The molecule has 2 saturated heterocycles. The van der Waals surface area contributed by atoms with Gasteiger partial charge in [0.15, 0.2) is 0 Å². The highest BCUT2D eigenvalue weighted by molar-refractivity contribution is 5.75. The number of phenolic OH excluding ortho intramolecular Hbond substituents is 2. The van der Waals surface area contributed by atoms with Gasteiger partial charge in [0.2, 0.25) is 0 Å². The Morgan fingerprint density at radius 1 is 0.589 bits per heavy atom. The Kier molecular flexibility index (Phi) is 15.4. The second-order valence-electron chi connectivity index (χ2n) is 25.3. The molecular formula is C59H82N8O6. The molecule has 0 spiro atoms. The fourth-order valence-electron chi connectivity index (χ4n) is 11.0. The summed E-state index contributed by atoms with van der Waals surface area (Å²) in [5.41, 5.74) is 6.94. The van der Waals surface area contributed by atoms with Crippen LogP contribution >= 0.6 is 0 Å². The summed E-state index contributed by atoms with van der Waals surface area (Å²) in [4.78, 5) is 32.8. The fraction of sp³-hybridized carbons (Fsp3) is 0.559. The van der Waals surface area contributed by atoms with Crippen molar-refractivity contribution in [3.05, 3.63) is 95.1 Å². The lowest BCUT2D eigenvalue weighted by Gasteiger charge is -2.53. The second kappa shape index (κ2) is 20.5. The number of hydrogen-bond acceptors (Lipinski definition) is 12. The van der Waals surface area contributed by atoms with Crippen LogP contribution in [-0.4, -0.2) is 111 Å². The average Bonchev–Trinajstić information content (AvgIpc) is 3.92. The quantitative estimate of drug-likeness (QED) is 0.0935. The predicted molar refractivity (Wildman–Crippen MR) is 290 cm³/mol. The van der Waals surface area contributed by atoms with Crippen LogP contribution in [0.15, 0.2) is 72.8 Å². The van der Waals surface area contributed by atoms with Gasteiger partial charge in [-0.05, 0) is 160 Å².